The van der Waals surface area contributed by atoms with Gasteiger partial charge in [0.25, 0.3) is 0 Å². The molecule has 1 rings (SSSR count). The minimum absolute atomic E-state index is 0.227. The number of hydrogen-bond donors (Lipinski definition) is 2. The lowest BCUT2D eigenvalue weighted by Gasteiger charge is -2.14. The zero-order valence-corrected chi connectivity index (χ0v) is 8.79. The van der Waals surface area contributed by atoms with Crippen molar-refractivity contribution in [2.75, 3.05) is 6.61 Å². The van der Waals surface area contributed by atoms with Crippen LogP contribution in [0, 0.1) is 0 Å². The number of hydrazine groups is 1. The van der Waals surface area contributed by atoms with Gasteiger partial charge in [-0.05, 0) is 31.0 Å². The van der Waals surface area contributed by atoms with Crippen LogP contribution in [0.3, 0.4) is 0 Å². The Morgan fingerprint density at radius 3 is 2.36 bits per heavy atom. The highest BCUT2D eigenvalue weighted by molar-refractivity contribution is 5.29. The van der Waals surface area contributed by atoms with Gasteiger partial charge in [-0.1, -0.05) is 19.1 Å². The van der Waals surface area contributed by atoms with Crippen LogP contribution < -0.4 is 16.0 Å². The van der Waals surface area contributed by atoms with Gasteiger partial charge in [0.1, 0.15) is 5.75 Å². The van der Waals surface area contributed by atoms with E-state index in [0.29, 0.717) is 6.61 Å². The Morgan fingerprint density at radius 1 is 1.29 bits per heavy atom. The van der Waals surface area contributed by atoms with Crippen LogP contribution in [0.5, 0.6) is 5.75 Å². The summed E-state index contributed by atoms with van der Waals surface area (Å²) >= 11 is 0. The van der Waals surface area contributed by atoms with Crippen molar-refractivity contribution in [3.8, 4) is 5.75 Å². The lowest BCUT2D eigenvalue weighted by atomic mass is 10.1. The van der Waals surface area contributed by atoms with Crippen molar-refractivity contribution in [2.45, 2.75) is 26.3 Å². The highest BCUT2D eigenvalue weighted by Gasteiger charge is 2.05. The number of ether oxygens (including phenoxy) is 1. The zero-order chi connectivity index (χ0) is 10.4. The first-order valence-electron chi connectivity index (χ1n) is 5.00. The maximum absolute atomic E-state index is 5.43. The first-order chi connectivity index (χ1) is 6.81. The smallest absolute Gasteiger partial charge is 0.119 e. The third-order valence-electron chi connectivity index (χ3n) is 2.20. The monoisotopic (exact) mass is 194 g/mol. The molecule has 0 fully saturated rings. The van der Waals surface area contributed by atoms with Crippen molar-refractivity contribution in [1.29, 1.82) is 0 Å². The van der Waals surface area contributed by atoms with E-state index in [9.17, 15) is 0 Å². The third-order valence-corrected chi connectivity index (χ3v) is 2.20. The Labute approximate surface area is 85.2 Å². The molecule has 3 N–H and O–H groups in total. The fraction of sp³-hybridized carbons (Fsp3) is 0.455. The van der Waals surface area contributed by atoms with Crippen LogP contribution in [0.2, 0.25) is 0 Å². The van der Waals surface area contributed by atoms with Crippen LogP contribution in [0.1, 0.15) is 31.9 Å². The molecule has 3 heteroatoms. The topological polar surface area (TPSA) is 47.3 Å². The fourth-order valence-corrected chi connectivity index (χ4v) is 1.41. The van der Waals surface area contributed by atoms with E-state index < -0.39 is 0 Å². The summed E-state index contributed by atoms with van der Waals surface area (Å²) in [5, 5.41) is 0. The molecule has 3 nitrogen and oxygen atoms in total. The number of rotatable bonds is 5. The normalized spacial score (nSPS) is 12.5. The summed E-state index contributed by atoms with van der Waals surface area (Å²) in [6, 6.07) is 8.25. The number of nitrogens with one attached hydrogen (secondary N) is 1. The van der Waals surface area contributed by atoms with Crippen molar-refractivity contribution in [2.24, 2.45) is 5.84 Å². The van der Waals surface area contributed by atoms with Crippen molar-refractivity contribution in [3.05, 3.63) is 29.8 Å². The molecule has 0 heterocycles. The van der Waals surface area contributed by atoms with Crippen molar-refractivity contribution < 1.29 is 4.74 Å². The lowest BCUT2D eigenvalue weighted by Crippen LogP contribution is -2.27. The summed E-state index contributed by atoms with van der Waals surface area (Å²) in [5.41, 5.74) is 3.97. The van der Waals surface area contributed by atoms with E-state index in [4.69, 9.17) is 10.6 Å². The molecule has 78 valence electrons. The molecule has 1 aromatic rings. The summed E-state index contributed by atoms with van der Waals surface area (Å²) in [6.45, 7) is 4.77. The van der Waals surface area contributed by atoms with Gasteiger partial charge in [-0.15, -0.1) is 0 Å². The van der Waals surface area contributed by atoms with E-state index >= 15 is 0 Å². The molecule has 0 aliphatic rings. The van der Waals surface area contributed by atoms with Gasteiger partial charge < -0.3 is 4.74 Å². The van der Waals surface area contributed by atoms with E-state index in [2.05, 4.69) is 12.3 Å². The maximum Gasteiger partial charge on any atom is 0.119 e. The molecule has 0 saturated heterocycles. The van der Waals surface area contributed by atoms with Gasteiger partial charge in [0.15, 0.2) is 0 Å². The standard InChI is InChI=1S/C11H18N2O/c1-3-11(13-12)9-5-7-10(8-6-9)14-4-2/h5-8,11,13H,3-4,12H2,1-2H3. The Hall–Kier alpha value is -1.06. The van der Waals surface area contributed by atoms with Crippen molar-refractivity contribution in [3.63, 3.8) is 0 Å². The fourth-order valence-electron chi connectivity index (χ4n) is 1.41. The van der Waals surface area contributed by atoms with E-state index in [1.165, 1.54) is 5.56 Å². The molecule has 0 spiro atoms. The summed E-state index contributed by atoms with van der Waals surface area (Å²) in [5.74, 6) is 6.34. The van der Waals surface area contributed by atoms with Gasteiger partial charge in [0.2, 0.25) is 0 Å². The summed E-state index contributed by atoms with van der Waals surface area (Å²) in [6.07, 6.45) is 0.977. The van der Waals surface area contributed by atoms with Crippen molar-refractivity contribution >= 4 is 0 Å². The molecule has 0 aromatic heterocycles. The Balaban J connectivity index is 2.71. The van der Waals surface area contributed by atoms with Gasteiger partial charge in [0.05, 0.1) is 6.61 Å². The first kappa shape index (κ1) is 11.0. The number of benzene rings is 1. The molecule has 0 bridgehead atoms. The molecule has 1 unspecified atom stereocenters. The Bertz CT molecular complexity index is 254. The van der Waals surface area contributed by atoms with Crippen LogP contribution >= 0.6 is 0 Å². The van der Waals surface area contributed by atoms with Gasteiger partial charge in [-0.25, -0.2) is 0 Å². The zero-order valence-electron chi connectivity index (χ0n) is 8.79. The Kier molecular flexibility index (Phi) is 4.43. The average Bonchev–Trinajstić information content (AvgIpc) is 2.23. The van der Waals surface area contributed by atoms with Gasteiger partial charge >= 0.3 is 0 Å². The molecular formula is C11H18N2O. The molecule has 1 atom stereocenters. The molecule has 0 saturated carbocycles. The summed E-state index contributed by atoms with van der Waals surface area (Å²) < 4.78 is 5.36. The second-order valence-electron chi connectivity index (χ2n) is 3.13. The predicted molar refractivity (Wildman–Crippen MR) is 58.0 cm³/mol. The Morgan fingerprint density at radius 2 is 1.93 bits per heavy atom. The highest BCUT2D eigenvalue weighted by atomic mass is 16.5. The first-order valence-corrected chi connectivity index (χ1v) is 5.00. The molecule has 0 aliphatic heterocycles. The van der Waals surface area contributed by atoms with Gasteiger partial charge in [-0.2, -0.15) is 0 Å². The maximum atomic E-state index is 5.43. The molecule has 0 radical (unpaired) electrons. The second kappa shape index (κ2) is 5.62. The molecule has 0 aliphatic carbocycles. The molecular weight excluding hydrogens is 176 g/mol. The number of nitrogens with two attached hydrogens (primary N) is 1. The van der Waals surface area contributed by atoms with Gasteiger partial charge in [0, 0.05) is 6.04 Å². The summed E-state index contributed by atoms with van der Waals surface area (Å²) in [4.78, 5) is 0. The average molecular weight is 194 g/mol. The largest absolute Gasteiger partial charge is 0.494 e. The van der Waals surface area contributed by atoms with Gasteiger partial charge in [-0.3, -0.25) is 11.3 Å². The number of hydrogen-bond acceptors (Lipinski definition) is 3. The van der Waals surface area contributed by atoms with E-state index in [0.717, 1.165) is 12.2 Å². The van der Waals surface area contributed by atoms with E-state index in [1.54, 1.807) is 0 Å². The predicted octanol–water partition coefficient (Wildman–Crippen LogP) is 2.00. The summed E-state index contributed by atoms with van der Waals surface area (Å²) in [7, 11) is 0. The van der Waals surface area contributed by atoms with E-state index in [-0.39, 0.29) is 6.04 Å². The van der Waals surface area contributed by atoms with Crippen LogP contribution in [0.15, 0.2) is 24.3 Å². The molecule has 0 amide bonds. The minimum atomic E-state index is 0.227. The van der Waals surface area contributed by atoms with Crippen LogP contribution in [-0.4, -0.2) is 6.61 Å². The van der Waals surface area contributed by atoms with Crippen LogP contribution in [0.25, 0.3) is 0 Å². The van der Waals surface area contributed by atoms with Crippen LogP contribution in [0.4, 0.5) is 0 Å². The lowest BCUT2D eigenvalue weighted by molar-refractivity contribution is 0.340. The minimum Gasteiger partial charge on any atom is -0.494 e. The molecule has 1 aromatic carbocycles. The van der Waals surface area contributed by atoms with Crippen molar-refractivity contribution in [1.82, 2.24) is 5.43 Å². The quantitative estimate of drug-likeness (QED) is 0.556. The highest BCUT2D eigenvalue weighted by Crippen LogP contribution is 2.19. The second-order valence-corrected chi connectivity index (χ2v) is 3.13. The van der Waals surface area contributed by atoms with E-state index in [1.807, 2.05) is 31.2 Å². The van der Waals surface area contributed by atoms with Crippen LogP contribution in [-0.2, 0) is 0 Å². The SMILES string of the molecule is CCOc1ccc(C(CC)NN)cc1. The molecule has 14 heavy (non-hydrogen) atoms. The third kappa shape index (κ3) is 2.72.